The van der Waals surface area contributed by atoms with Gasteiger partial charge in [-0.3, -0.25) is 4.79 Å². The maximum absolute atomic E-state index is 11.9. The Balaban J connectivity index is 2.58. The highest BCUT2D eigenvalue weighted by molar-refractivity contribution is 7.94. The third-order valence-corrected chi connectivity index (χ3v) is 4.53. The first-order chi connectivity index (χ1) is 7.93. The topological polar surface area (TPSA) is 54.5 Å². The maximum Gasteiger partial charge on any atom is 0.242 e. The fourth-order valence-electron chi connectivity index (χ4n) is 2.01. The third-order valence-electron chi connectivity index (χ3n) is 2.86. The molecule has 0 spiro atoms. The standard InChI is InChI=1S/C12H15NO3S/c1-9(2)10-5-3-4-6-11(10)13-12(14)7-8-17(13,15)16/h3-6,9H,7-8H2,1-2H3. The minimum atomic E-state index is -3.46. The lowest BCUT2D eigenvalue weighted by Gasteiger charge is -2.20. The van der Waals surface area contributed by atoms with Crippen LogP contribution in [-0.4, -0.2) is 20.1 Å². The van der Waals surface area contributed by atoms with E-state index in [0.717, 1.165) is 9.87 Å². The van der Waals surface area contributed by atoms with Crippen molar-refractivity contribution in [1.82, 2.24) is 0 Å². The number of rotatable bonds is 2. The average Bonchev–Trinajstić information content (AvgIpc) is 2.53. The van der Waals surface area contributed by atoms with Gasteiger partial charge in [-0.15, -0.1) is 0 Å². The van der Waals surface area contributed by atoms with Crippen LogP contribution in [0.5, 0.6) is 0 Å². The highest BCUT2D eigenvalue weighted by atomic mass is 32.2. The van der Waals surface area contributed by atoms with Crippen molar-refractivity contribution in [3.63, 3.8) is 0 Å². The van der Waals surface area contributed by atoms with Crippen LogP contribution in [0.15, 0.2) is 24.3 Å². The van der Waals surface area contributed by atoms with Crippen molar-refractivity contribution >= 4 is 21.6 Å². The van der Waals surface area contributed by atoms with Gasteiger partial charge >= 0.3 is 0 Å². The van der Waals surface area contributed by atoms with E-state index in [-0.39, 0.29) is 24.0 Å². The molecule has 4 nitrogen and oxygen atoms in total. The highest BCUT2D eigenvalue weighted by Gasteiger charge is 2.37. The fourth-order valence-corrected chi connectivity index (χ4v) is 3.49. The van der Waals surface area contributed by atoms with Gasteiger partial charge in [0.2, 0.25) is 15.9 Å². The van der Waals surface area contributed by atoms with Crippen LogP contribution in [0.25, 0.3) is 0 Å². The summed E-state index contributed by atoms with van der Waals surface area (Å²) in [6.07, 6.45) is 0.0781. The van der Waals surface area contributed by atoms with Crippen LogP contribution >= 0.6 is 0 Å². The van der Waals surface area contributed by atoms with Gasteiger partial charge in [-0.05, 0) is 17.5 Å². The lowest BCUT2D eigenvalue weighted by Crippen LogP contribution is -2.30. The van der Waals surface area contributed by atoms with Crippen LogP contribution in [0.1, 0.15) is 31.7 Å². The Morgan fingerprint density at radius 2 is 1.88 bits per heavy atom. The summed E-state index contributed by atoms with van der Waals surface area (Å²) in [5.74, 6) is -0.244. The number of benzene rings is 1. The van der Waals surface area contributed by atoms with E-state index in [0.29, 0.717) is 5.69 Å². The van der Waals surface area contributed by atoms with Crippen LogP contribution in [-0.2, 0) is 14.8 Å². The van der Waals surface area contributed by atoms with Crippen molar-refractivity contribution in [2.45, 2.75) is 26.2 Å². The number of anilines is 1. The van der Waals surface area contributed by atoms with E-state index < -0.39 is 10.0 Å². The Morgan fingerprint density at radius 1 is 1.24 bits per heavy atom. The molecule has 0 atom stereocenters. The Morgan fingerprint density at radius 3 is 2.41 bits per heavy atom. The number of hydrogen-bond acceptors (Lipinski definition) is 3. The highest BCUT2D eigenvalue weighted by Crippen LogP contribution is 2.32. The van der Waals surface area contributed by atoms with Gasteiger partial charge in [0.25, 0.3) is 0 Å². The van der Waals surface area contributed by atoms with E-state index in [2.05, 4.69) is 0 Å². The monoisotopic (exact) mass is 253 g/mol. The number of sulfonamides is 1. The minimum absolute atomic E-state index is 0.0781. The molecule has 0 N–H and O–H groups in total. The zero-order valence-corrected chi connectivity index (χ0v) is 10.7. The summed E-state index contributed by atoms with van der Waals surface area (Å²) >= 11 is 0. The zero-order valence-electron chi connectivity index (χ0n) is 9.88. The molecular formula is C12H15NO3S. The van der Waals surface area contributed by atoms with Gasteiger partial charge in [-0.25, -0.2) is 12.7 Å². The van der Waals surface area contributed by atoms with E-state index in [9.17, 15) is 13.2 Å². The molecule has 0 bridgehead atoms. The largest absolute Gasteiger partial charge is 0.273 e. The average molecular weight is 253 g/mol. The Hall–Kier alpha value is -1.36. The summed E-state index contributed by atoms with van der Waals surface area (Å²) in [5, 5.41) is 0. The van der Waals surface area contributed by atoms with E-state index >= 15 is 0 Å². The van der Waals surface area contributed by atoms with Gasteiger partial charge in [-0.1, -0.05) is 32.0 Å². The summed E-state index contributed by atoms with van der Waals surface area (Å²) in [6.45, 7) is 3.96. The van der Waals surface area contributed by atoms with Crippen molar-refractivity contribution in [3.05, 3.63) is 29.8 Å². The molecule has 0 radical (unpaired) electrons. The van der Waals surface area contributed by atoms with E-state index in [4.69, 9.17) is 0 Å². The van der Waals surface area contributed by atoms with Crippen molar-refractivity contribution in [1.29, 1.82) is 0 Å². The van der Waals surface area contributed by atoms with Gasteiger partial charge in [0.15, 0.2) is 0 Å². The number of nitrogens with zero attached hydrogens (tertiary/aromatic N) is 1. The van der Waals surface area contributed by atoms with E-state index in [1.807, 2.05) is 26.0 Å². The van der Waals surface area contributed by atoms with Crippen LogP contribution < -0.4 is 4.31 Å². The molecule has 1 aliphatic heterocycles. The number of carbonyl (C=O) groups is 1. The van der Waals surface area contributed by atoms with Crippen molar-refractivity contribution in [2.75, 3.05) is 10.1 Å². The molecule has 0 aromatic heterocycles. The van der Waals surface area contributed by atoms with Crippen LogP contribution in [0.2, 0.25) is 0 Å². The van der Waals surface area contributed by atoms with E-state index in [1.165, 1.54) is 0 Å². The molecule has 17 heavy (non-hydrogen) atoms. The lowest BCUT2D eigenvalue weighted by molar-refractivity contribution is -0.116. The molecule has 1 aromatic carbocycles. The Labute approximate surface area is 101 Å². The van der Waals surface area contributed by atoms with Gasteiger partial charge in [0, 0.05) is 6.42 Å². The molecule has 92 valence electrons. The van der Waals surface area contributed by atoms with E-state index in [1.54, 1.807) is 12.1 Å². The number of hydrogen-bond donors (Lipinski definition) is 0. The second-order valence-electron chi connectivity index (χ2n) is 4.44. The normalized spacial score (nSPS) is 19.0. The summed E-state index contributed by atoms with van der Waals surface area (Å²) in [4.78, 5) is 11.7. The quantitative estimate of drug-likeness (QED) is 0.808. The molecule has 1 aromatic rings. The van der Waals surface area contributed by atoms with Crippen LogP contribution in [0, 0.1) is 0 Å². The molecular weight excluding hydrogens is 238 g/mol. The SMILES string of the molecule is CC(C)c1ccccc1N1C(=O)CCS1(=O)=O. The van der Waals surface area contributed by atoms with Gasteiger partial charge < -0.3 is 0 Å². The number of carbonyl (C=O) groups excluding carboxylic acids is 1. The smallest absolute Gasteiger partial charge is 0.242 e. The number of amides is 1. The molecule has 2 rings (SSSR count). The molecule has 1 saturated heterocycles. The predicted octanol–water partition coefficient (Wildman–Crippen LogP) is 1.88. The second kappa shape index (κ2) is 4.14. The molecule has 0 saturated carbocycles. The molecule has 1 fully saturated rings. The summed E-state index contributed by atoms with van der Waals surface area (Å²) in [6, 6.07) is 7.16. The molecule has 1 amide bonds. The van der Waals surface area contributed by atoms with Crippen LogP contribution in [0.3, 0.4) is 0 Å². The first kappa shape index (κ1) is 12.1. The van der Waals surface area contributed by atoms with Crippen LogP contribution in [0.4, 0.5) is 5.69 Å². The van der Waals surface area contributed by atoms with Crippen molar-refractivity contribution in [3.8, 4) is 0 Å². The van der Waals surface area contributed by atoms with Crippen molar-refractivity contribution in [2.24, 2.45) is 0 Å². The molecule has 0 unspecified atom stereocenters. The summed E-state index contributed by atoms with van der Waals surface area (Å²) in [5.41, 5.74) is 1.39. The van der Waals surface area contributed by atoms with Gasteiger partial charge in [0.1, 0.15) is 0 Å². The first-order valence-corrected chi connectivity index (χ1v) is 7.19. The van der Waals surface area contributed by atoms with Crippen molar-refractivity contribution < 1.29 is 13.2 Å². The minimum Gasteiger partial charge on any atom is -0.273 e. The predicted molar refractivity (Wildman–Crippen MR) is 66.4 cm³/mol. The molecule has 5 heteroatoms. The third kappa shape index (κ3) is 2.07. The Bertz CT molecular complexity index is 549. The second-order valence-corrected chi connectivity index (χ2v) is 6.37. The molecule has 0 aliphatic carbocycles. The summed E-state index contributed by atoms with van der Waals surface area (Å²) in [7, 11) is -3.46. The Kier molecular flexibility index (Phi) is 2.95. The molecule has 1 heterocycles. The lowest BCUT2D eigenvalue weighted by atomic mass is 10.0. The zero-order chi connectivity index (χ0) is 12.6. The fraction of sp³-hybridized carbons (Fsp3) is 0.417. The maximum atomic E-state index is 11.9. The first-order valence-electron chi connectivity index (χ1n) is 5.58. The number of para-hydroxylation sites is 1. The van der Waals surface area contributed by atoms with Gasteiger partial charge in [0.05, 0.1) is 11.4 Å². The summed E-state index contributed by atoms with van der Waals surface area (Å²) < 4.78 is 24.7. The van der Waals surface area contributed by atoms with Gasteiger partial charge in [-0.2, -0.15) is 0 Å². The molecule has 1 aliphatic rings.